The molecule has 7 heteroatoms. The van der Waals surface area contributed by atoms with E-state index in [0.717, 1.165) is 0 Å². The Kier molecular flexibility index (Phi) is 3.95. The summed E-state index contributed by atoms with van der Waals surface area (Å²) in [4.78, 5) is 0. The molecule has 0 heterocycles. The van der Waals surface area contributed by atoms with Gasteiger partial charge in [-0.2, -0.15) is 0 Å². The van der Waals surface area contributed by atoms with Crippen LogP contribution < -0.4 is 10.2 Å². The summed E-state index contributed by atoms with van der Waals surface area (Å²) in [6.45, 7) is 3.08. The van der Waals surface area contributed by atoms with Gasteiger partial charge in [-0.25, -0.2) is 8.42 Å². The first kappa shape index (κ1) is 13.0. The van der Waals surface area contributed by atoms with Crippen LogP contribution in [0.2, 0.25) is 0 Å². The van der Waals surface area contributed by atoms with Crippen LogP contribution in [0.1, 0.15) is 13.8 Å². The zero-order valence-corrected chi connectivity index (χ0v) is 9.90. The molecule has 16 heavy (non-hydrogen) atoms. The fraction of sp³-hybridized carbons (Fsp3) is 0.333. The molecular weight excluding hydrogens is 229 g/mol. The van der Waals surface area contributed by atoms with Crippen molar-refractivity contribution in [3.8, 4) is 0 Å². The lowest BCUT2D eigenvalue weighted by molar-refractivity contribution is 0.426. The molecule has 0 aliphatic carbocycles. The van der Waals surface area contributed by atoms with Gasteiger partial charge < -0.3 is 10.0 Å². The van der Waals surface area contributed by atoms with E-state index in [-0.39, 0.29) is 11.2 Å². The summed E-state index contributed by atoms with van der Waals surface area (Å²) in [5.74, 6) is 0. The molecule has 0 saturated carbocycles. The Bertz CT molecular complexity index is 458. The summed E-state index contributed by atoms with van der Waals surface area (Å²) >= 11 is 0. The fourth-order valence-corrected chi connectivity index (χ4v) is 1.81. The molecule has 1 aromatic rings. The van der Waals surface area contributed by atoms with Crippen LogP contribution in [0, 0.1) is 0 Å². The van der Waals surface area contributed by atoms with Crippen LogP contribution >= 0.6 is 0 Å². The van der Waals surface area contributed by atoms with Crippen molar-refractivity contribution >= 4 is 28.3 Å². The van der Waals surface area contributed by atoms with Crippen LogP contribution in [0.25, 0.3) is 0 Å². The third-order valence-electron chi connectivity index (χ3n) is 2.11. The molecule has 3 N–H and O–H groups in total. The molecular formula is C9H14BNO4S. The average molecular weight is 243 g/mol. The average Bonchev–Trinajstić information content (AvgIpc) is 2.17. The maximum Gasteiger partial charge on any atom is 0.490 e. The van der Waals surface area contributed by atoms with E-state index in [9.17, 15) is 8.42 Å². The highest BCUT2D eigenvalue weighted by Gasteiger charge is 2.21. The topological polar surface area (TPSA) is 86.6 Å². The Balaban J connectivity index is 3.07. The first-order chi connectivity index (χ1) is 7.34. The molecule has 0 aromatic heterocycles. The van der Waals surface area contributed by atoms with Crippen molar-refractivity contribution in [2.75, 3.05) is 4.72 Å². The van der Waals surface area contributed by atoms with Gasteiger partial charge in [0.15, 0.2) is 0 Å². The molecule has 0 bridgehead atoms. The minimum Gasteiger partial charge on any atom is -0.423 e. The Hall–Kier alpha value is -1.05. The van der Waals surface area contributed by atoms with E-state index < -0.39 is 22.4 Å². The van der Waals surface area contributed by atoms with Gasteiger partial charge in [-0.3, -0.25) is 4.72 Å². The van der Waals surface area contributed by atoms with E-state index in [4.69, 9.17) is 10.0 Å². The van der Waals surface area contributed by atoms with E-state index in [1.165, 1.54) is 12.1 Å². The molecule has 0 spiro atoms. The number of benzene rings is 1. The molecule has 0 fully saturated rings. The van der Waals surface area contributed by atoms with E-state index in [1.54, 1.807) is 26.0 Å². The largest absolute Gasteiger partial charge is 0.490 e. The highest BCUT2D eigenvalue weighted by atomic mass is 32.2. The van der Waals surface area contributed by atoms with Crippen molar-refractivity contribution in [1.82, 2.24) is 0 Å². The van der Waals surface area contributed by atoms with Crippen molar-refractivity contribution in [3.63, 3.8) is 0 Å². The highest BCUT2D eigenvalue weighted by Crippen LogP contribution is 2.09. The lowest BCUT2D eigenvalue weighted by Crippen LogP contribution is -2.34. The van der Waals surface area contributed by atoms with Crippen molar-refractivity contribution in [2.24, 2.45) is 0 Å². The van der Waals surface area contributed by atoms with Gasteiger partial charge in [0.2, 0.25) is 10.0 Å². The molecule has 88 valence electrons. The minimum absolute atomic E-state index is 0.131. The molecule has 0 unspecified atom stereocenters. The predicted octanol–water partition coefficient (Wildman–Crippen LogP) is -0.483. The quantitative estimate of drug-likeness (QED) is 0.623. The maximum atomic E-state index is 11.6. The second kappa shape index (κ2) is 4.86. The SMILES string of the molecule is CC(C)S(=O)(=O)Nc1ccccc1B(O)O. The minimum atomic E-state index is -3.48. The zero-order chi connectivity index (χ0) is 12.3. The number of para-hydroxylation sites is 1. The van der Waals surface area contributed by atoms with Crippen molar-refractivity contribution < 1.29 is 18.5 Å². The lowest BCUT2D eigenvalue weighted by atomic mass is 9.79. The standard InChI is InChI=1S/C9H14BNO4S/c1-7(2)16(14,15)11-9-6-4-3-5-8(9)10(12)13/h3-7,11-13H,1-2H3. The first-order valence-corrected chi connectivity index (χ1v) is 6.36. The molecule has 0 radical (unpaired) electrons. The van der Waals surface area contributed by atoms with Crippen LogP contribution in [-0.4, -0.2) is 30.8 Å². The van der Waals surface area contributed by atoms with Crippen LogP contribution in [0.3, 0.4) is 0 Å². The van der Waals surface area contributed by atoms with E-state index in [1.807, 2.05) is 0 Å². The van der Waals surface area contributed by atoms with Gasteiger partial charge in [0, 0.05) is 11.2 Å². The molecule has 1 rings (SSSR count). The van der Waals surface area contributed by atoms with E-state index in [2.05, 4.69) is 4.72 Å². The Morgan fingerprint density at radius 2 is 1.81 bits per heavy atom. The summed E-state index contributed by atoms with van der Waals surface area (Å²) < 4.78 is 25.5. The Morgan fingerprint density at radius 1 is 1.25 bits per heavy atom. The van der Waals surface area contributed by atoms with Crippen molar-refractivity contribution in [2.45, 2.75) is 19.1 Å². The van der Waals surface area contributed by atoms with E-state index in [0.29, 0.717) is 0 Å². The summed E-state index contributed by atoms with van der Waals surface area (Å²) in [6, 6.07) is 6.14. The molecule has 0 aliphatic heterocycles. The van der Waals surface area contributed by atoms with Crippen LogP contribution in [0.4, 0.5) is 5.69 Å². The van der Waals surface area contributed by atoms with Crippen LogP contribution in [0.5, 0.6) is 0 Å². The summed E-state index contributed by atoms with van der Waals surface area (Å²) in [7, 11) is -5.18. The number of rotatable bonds is 4. The number of sulfonamides is 1. The van der Waals surface area contributed by atoms with Gasteiger partial charge in [0.1, 0.15) is 0 Å². The summed E-state index contributed by atoms with van der Waals surface area (Å²) in [5, 5.41) is 17.5. The number of nitrogens with one attached hydrogen (secondary N) is 1. The Labute approximate surface area is 95.3 Å². The van der Waals surface area contributed by atoms with Gasteiger partial charge >= 0.3 is 7.12 Å². The Morgan fingerprint density at radius 3 is 2.31 bits per heavy atom. The normalized spacial score (nSPS) is 11.6. The second-order valence-corrected chi connectivity index (χ2v) is 5.89. The molecule has 0 aliphatic rings. The predicted molar refractivity (Wildman–Crippen MR) is 63.9 cm³/mol. The molecule has 0 amide bonds. The van der Waals surface area contributed by atoms with Gasteiger partial charge in [-0.05, 0) is 19.9 Å². The second-order valence-electron chi connectivity index (χ2n) is 3.66. The van der Waals surface area contributed by atoms with Gasteiger partial charge in [-0.1, -0.05) is 18.2 Å². The van der Waals surface area contributed by atoms with Crippen molar-refractivity contribution in [3.05, 3.63) is 24.3 Å². The molecule has 0 saturated heterocycles. The zero-order valence-electron chi connectivity index (χ0n) is 9.08. The third-order valence-corrected chi connectivity index (χ3v) is 3.86. The van der Waals surface area contributed by atoms with Crippen molar-refractivity contribution in [1.29, 1.82) is 0 Å². The van der Waals surface area contributed by atoms with E-state index >= 15 is 0 Å². The fourth-order valence-electron chi connectivity index (χ4n) is 1.09. The molecule has 0 atom stereocenters. The third kappa shape index (κ3) is 2.97. The van der Waals surface area contributed by atoms with Gasteiger partial charge in [0.05, 0.1) is 5.25 Å². The smallest absolute Gasteiger partial charge is 0.423 e. The molecule has 5 nitrogen and oxygen atoms in total. The monoisotopic (exact) mass is 243 g/mol. The van der Waals surface area contributed by atoms with Crippen LogP contribution in [0.15, 0.2) is 24.3 Å². The first-order valence-electron chi connectivity index (χ1n) is 4.81. The lowest BCUT2D eigenvalue weighted by Gasteiger charge is -2.13. The summed E-state index contributed by atoms with van der Waals surface area (Å²) in [5.41, 5.74) is 0.318. The van der Waals surface area contributed by atoms with Gasteiger partial charge in [0.25, 0.3) is 0 Å². The number of anilines is 1. The summed E-state index contributed by atoms with van der Waals surface area (Å²) in [6.07, 6.45) is 0. The van der Waals surface area contributed by atoms with Crippen LogP contribution in [-0.2, 0) is 10.0 Å². The number of hydrogen-bond acceptors (Lipinski definition) is 4. The maximum absolute atomic E-state index is 11.6. The highest BCUT2D eigenvalue weighted by molar-refractivity contribution is 7.93. The molecule has 1 aromatic carbocycles. The van der Waals surface area contributed by atoms with Gasteiger partial charge in [-0.15, -0.1) is 0 Å². The number of hydrogen-bond donors (Lipinski definition) is 3.